The SMILES string of the molecule is CCCc1cc(OCc2cc(C3CC3)c(C(F)(F)F)s2)ccc1C. The Morgan fingerprint density at radius 3 is 2.58 bits per heavy atom. The van der Waals surface area contributed by atoms with Crippen molar-refractivity contribution < 1.29 is 17.9 Å². The van der Waals surface area contributed by atoms with Gasteiger partial charge in [-0.15, -0.1) is 11.3 Å². The van der Waals surface area contributed by atoms with Crippen LogP contribution in [0, 0.1) is 6.92 Å². The van der Waals surface area contributed by atoms with Crippen LogP contribution >= 0.6 is 11.3 Å². The lowest BCUT2D eigenvalue weighted by Gasteiger charge is -2.09. The summed E-state index contributed by atoms with van der Waals surface area (Å²) in [7, 11) is 0. The van der Waals surface area contributed by atoms with E-state index in [4.69, 9.17) is 4.74 Å². The normalized spacial score (nSPS) is 14.9. The summed E-state index contributed by atoms with van der Waals surface area (Å²) >= 11 is 0.822. The molecule has 1 aromatic heterocycles. The number of benzene rings is 1. The molecule has 0 unspecified atom stereocenters. The fourth-order valence-corrected chi connectivity index (χ4v) is 3.90. The minimum Gasteiger partial charge on any atom is -0.488 e. The van der Waals surface area contributed by atoms with Crippen LogP contribution in [-0.2, 0) is 19.2 Å². The molecule has 0 spiro atoms. The van der Waals surface area contributed by atoms with E-state index >= 15 is 0 Å². The Bertz CT molecular complexity index is 714. The molecule has 1 aliphatic carbocycles. The maximum absolute atomic E-state index is 13.2. The summed E-state index contributed by atoms with van der Waals surface area (Å²) in [5.74, 6) is 0.807. The van der Waals surface area contributed by atoms with Gasteiger partial charge in [-0.2, -0.15) is 13.2 Å². The molecule has 1 aliphatic rings. The van der Waals surface area contributed by atoms with Crippen molar-refractivity contribution in [1.82, 2.24) is 0 Å². The van der Waals surface area contributed by atoms with E-state index in [-0.39, 0.29) is 12.5 Å². The van der Waals surface area contributed by atoms with Crippen molar-refractivity contribution in [3.05, 3.63) is 50.7 Å². The maximum atomic E-state index is 13.2. The first-order valence-corrected chi connectivity index (χ1v) is 9.12. The summed E-state index contributed by atoms with van der Waals surface area (Å²) in [6.07, 6.45) is -0.517. The van der Waals surface area contributed by atoms with E-state index in [9.17, 15) is 13.2 Å². The summed E-state index contributed by atoms with van der Waals surface area (Å²) < 4.78 is 45.3. The number of hydrogen-bond donors (Lipinski definition) is 0. The van der Waals surface area contributed by atoms with Crippen LogP contribution in [-0.4, -0.2) is 0 Å². The van der Waals surface area contributed by atoms with Gasteiger partial charge in [0, 0.05) is 4.88 Å². The van der Waals surface area contributed by atoms with Gasteiger partial charge >= 0.3 is 6.18 Å². The van der Waals surface area contributed by atoms with Gasteiger partial charge in [-0.1, -0.05) is 19.4 Å². The molecule has 0 atom stereocenters. The minimum absolute atomic E-state index is 0.0853. The largest absolute Gasteiger partial charge is 0.488 e. The van der Waals surface area contributed by atoms with Crippen LogP contribution in [0.4, 0.5) is 13.2 Å². The van der Waals surface area contributed by atoms with Crippen molar-refractivity contribution in [1.29, 1.82) is 0 Å². The monoisotopic (exact) mass is 354 g/mol. The van der Waals surface area contributed by atoms with Gasteiger partial charge in [0.15, 0.2) is 0 Å². The summed E-state index contributed by atoms with van der Waals surface area (Å²) in [6, 6.07) is 7.57. The van der Waals surface area contributed by atoms with Gasteiger partial charge < -0.3 is 4.74 Å². The van der Waals surface area contributed by atoms with Crippen LogP contribution in [0.25, 0.3) is 0 Å². The van der Waals surface area contributed by atoms with Crippen molar-refractivity contribution in [2.75, 3.05) is 0 Å². The molecule has 0 saturated heterocycles. The molecule has 0 aliphatic heterocycles. The molecule has 0 radical (unpaired) electrons. The maximum Gasteiger partial charge on any atom is 0.425 e. The van der Waals surface area contributed by atoms with Crippen LogP contribution in [0.2, 0.25) is 0 Å². The third-order valence-electron chi connectivity index (χ3n) is 4.31. The fraction of sp³-hybridized carbons (Fsp3) is 0.474. The Balaban J connectivity index is 1.74. The second kappa shape index (κ2) is 6.79. The number of hydrogen-bond acceptors (Lipinski definition) is 2. The first-order chi connectivity index (χ1) is 11.4. The summed E-state index contributed by atoms with van der Waals surface area (Å²) in [6.45, 7) is 4.37. The molecule has 130 valence electrons. The smallest absolute Gasteiger partial charge is 0.425 e. The van der Waals surface area contributed by atoms with E-state index in [0.29, 0.717) is 10.4 Å². The molecule has 1 fully saturated rings. The zero-order chi connectivity index (χ0) is 17.3. The molecular formula is C19H21F3OS. The lowest BCUT2D eigenvalue weighted by atomic mass is 10.0. The topological polar surface area (TPSA) is 9.23 Å². The Morgan fingerprint density at radius 2 is 1.96 bits per heavy atom. The highest BCUT2D eigenvalue weighted by molar-refractivity contribution is 7.12. The highest BCUT2D eigenvalue weighted by Gasteiger charge is 2.40. The average molecular weight is 354 g/mol. The zero-order valence-corrected chi connectivity index (χ0v) is 14.7. The molecule has 1 aromatic carbocycles. The van der Waals surface area contributed by atoms with Gasteiger partial charge in [0.2, 0.25) is 0 Å². The summed E-state index contributed by atoms with van der Waals surface area (Å²) in [4.78, 5) is 0.195. The Kier molecular flexibility index (Phi) is 4.90. The highest BCUT2D eigenvalue weighted by atomic mass is 32.1. The Hall–Kier alpha value is -1.49. The van der Waals surface area contributed by atoms with E-state index in [1.807, 2.05) is 18.2 Å². The zero-order valence-electron chi connectivity index (χ0n) is 13.9. The minimum atomic E-state index is -4.26. The van der Waals surface area contributed by atoms with Crippen molar-refractivity contribution in [2.45, 2.75) is 58.2 Å². The first kappa shape index (κ1) is 17.3. The Morgan fingerprint density at radius 1 is 1.21 bits per heavy atom. The predicted molar refractivity (Wildman–Crippen MR) is 90.8 cm³/mol. The molecular weight excluding hydrogens is 333 g/mol. The standard InChI is InChI=1S/C19H21F3OS/c1-3-4-14-9-15(8-5-12(14)2)23-11-16-10-17(13-6-7-13)18(24-16)19(20,21)22/h5,8-10,13H,3-4,6-7,11H2,1-2H3. The molecule has 1 nitrogen and oxygen atoms in total. The van der Waals surface area contributed by atoms with Gasteiger partial charge in [-0.3, -0.25) is 0 Å². The lowest BCUT2D eigenvalue weighted by Crippen LogP contribution is -2.04. The van der Waals surface area contributed by atoms with E-state index in [1.165, 1.54) is 11.1 Å². The number of rotatable bonds is 6. The van der Waals surface area contributed by atoms with E-state index in [0.717, 1.165) is 42.8 Å². The highest BCUT2D eigenvalue weighted by Crippen LogP contribution is 2.49. The third kappa shape index (κ3) is 3.94. The third-order valence-corrected chi connectivity index (χ3v) is 5.48. The van der Waals surface area contributed by atoms with E-state index in [2.05, 4.69) is 13.8 Å². The molecule has 2 aromatic rings. The van der Waals surface area contributed by atoms with Crippen molar-refractivity contribution in [2.24, 2.45) is 0 Å². The molecule has 0 bridgehead atoms. The van der Waals surface area contributed by atoms with Crippen LogP contribution < -0.4 is 4.74 Å². The molecule has 24 heavy (non-hydrogen) atoms. The Labute approximate surface area is 144 Å². The molecule has 5 heteroatoms. The second-order valence-electron chi connectivity index (χ2n) is 6.40. The van der Waals surface area contributed by atoms with Gasteiger partial charge in [0.25, 0.3) is 0 Å². The number of alkyl halides is 3. The number of thiophene rings is 1. The fourth-order valence-electron chi connectivity index (χ4n) is 2.88. The van der Waals surface area contributed by atoms with Crippen molar-refractivity contribution in [3.63, 3.8) is 0 Å². The predicted octanol–water partition coefficient (Wildman–Crippen LogP) is 6.48. The molecule has 3 rings (SSSR count). The lowest BCUT2D eigenvalue weighted by molar-refractivity contribution is -0.134. The molecule has 0 N–H and O–H groups in total. The second-order valence-corrected chi connectivity index (χ2v) is 7.53. The molecule has 1 heterocycles. The number of halogens is 3. The van der Waals surface area contributed by atoms with Gasteiger partial charge in [0.05, 0.1) is 0 Å². The number of aryl methyl sites for hydroxylation is 2. The van der Waals surface area contributed by atoms with Gasteiger partial charge in [-0.05, 0) is 67.0 Å². The van der Waals surface area contributed by atoms with Crippen LogP contribution in [0.1, 0.15) is 58.5 Å². The van der Waals surface area contributed by atoms with Gasteiger partial charge in [-0.25, -0.2) is 0 Å². The summed E-state index contributed by atoms with van der Waals surface area (Å²) in [5.41, 5.74) is 2.91. The average Bonchev–Trinajstić information content (AvgIpc) is 3.27. The molecule has 1 saturated carbocycles. The van der Waals surface area contributed by atoms with Crippen LogP contribution in [0.3, 0.4) is 0 Å². The van der Waals surface area contributed by atoms with Crippen LogP contribution in [0.5, 0.6) is 5.75 Å². The van der Waals surface area contributed by atoms with E-state index in [1.54, 1.807) is 6.07 Å². The number of ether oxygens (including phenoxy) is 1. The van der Waals surface area contributed by atoms with Gasteiger partial charge in [0.1, 0.15) is 17.2 Å². The summed E-state index contributed by atoms with van der Waals surface area (Å²) in [5, 5.41) is 0. The quantitative estimate of drug-likeness (QED) is 0.576. The van der Waals surface area contributed by atoms with Crippen molar-refractivity contribution >= 4 is 11.3 Å². The van der Waals surface area contributed by atoms with Crippen molar-refractivity contribution in [3.8, 4) is 5.75 Å². The van der Waals surface area contributed by atoms with Crippen LogP contribution in [0.15, 0.2) is 24.3 Å². The van der Waals surface area contributed by atoms with E-state index < -0.39 is 11.1 Å². The molecule has 0 amide bonds. The first-order valence-electron chi connectivity index (χ1n) is 8.30.